The lowest BCUT2D eigenvalue weighted by atomic mass is 9.64. The second-order valence-electron chi connectivity index (χ2n) is 10.9. The van der Waals surface area contributed by atoms with Crippen molar-refractivity contribution in [3.63, 3.8) is 0 Å². The number of esters is 1. The fraction of sp³-hybridized carbons (Fsp3) is 0.682. The van der Waals surface area contributed by atoms with Gasteiger partial charge in [-0.2, -0.15) is 0 Å². The van der Waals surface area contributed by atoms with E-state index in [4.69, 9.17) is 4.74 Å². The number of carbonyl (C=O) groups excluding carboxylic acids is 1. The third-order valence-electron chi connectivity index (χ3n) is 6.84. The van der Waals surface area contributed by atoms with E-state index in [0.717, 1.165) is 24.0 Å². The first-order valence-corrected chi connectivity index (χ1v) is 9.47. The van der Waals surface area contributed by atoms with Gasteiger partial charge in [0.1, 0.15) is 11.5 Å². The van der Waals surface area contributed by atoms with Crippen LogP contribution in [0.3, 0.4) is 0 Å². The van der Waals surface area contributed by atoms with Crippen molar-refractivity contribution >= 4 is 5.97 Å². The fourth-order valence-corrected chi connectivity index (χ4v) is 5.57. The molecule has 6 aliphatic carbocycles. The van der Waals surface area contributed by atoms with E-state index in [0.29, 0.717) is 22.8 Å². The summed E-state index contributed by atoms with van der Waals surface area (Å²) in [5.74, 6) is 1.40. The summed E-state index contributed by atoms with van der Waals surface area (Å²) >= 11 is 0. The normalized spacial score (nSPS) is 32.8. The number of rotatable bonds is 2. The van der Waals surface area contributed by atoms with Gasteiger partial charge in [-0.1, -0.05) is 41.5 Å². The molecule has 3 nitrogen and oxygen atoms in total. The van der Waals surface area contributed by atoms with Gasteiger partial charge in [-0.15, -0.1) is 0 Å². The van der Waals surface area contributed by atoms with Gasteiger partial charge < -0.3 is 9.84 Å². The van der Waals surface area contributed by atoms with Crippen LogP contribution < -0.4 is 4.74 Å². The van der Waals surface area contributed by atoms with E-state index in [1.54, 1.807) is 0 Å². The van der Waals surface area contributed by atoms with Crippen molar-refractivity contribution in [1.82, 2.24) is 0 Å². The molecule has 6 saturated carbocycles. The summed E-state index contributed by atoms with van der Waals surface area (Å²) in [6, 6.07) is 3.71. The molecule has 3 bridgehead atoms. The van der Waals surface area contributed by atoms with Crippen LogP contribution in [-0.2, 0) is 15.6 Å². The molecule has 1 aromatic carbocycles. The van der Waals surface area contributed by atoms with Gasteiger partial charge in [-0.3, -0.25) is 4.79 Å². The van der Waals surface area contributed by atoms with Crippen LogP contribution in [0, 0.1) is 16.7 Å². The minimum Gasteiger partial charge on any atom is -0.507 e. The Hall–Kier alpha value is -1.51. The van der Waals surface area contributed by atoms with Crippen molar-refractivity contribution < 1.29 is 14.6 Å². The number of benzene rings is 1. The Morgan fingerprint density at radius 3 is 1.88 bits per heavy atom. The topological polar surface area (TPSA) is 46.5 Å². The molecule has 1 spiro atoms. The molecule has 0 amide bonds. The zero-order chi connectivity index (χ0) is 18.4. The zero-order valence-electron chi connectivity index (χ0n) is 16.3. The maximum Gasteiger partial charge on any atom is 0.317 e. The molecule has 6 aliphatic rings. The summed E-state index contributed by atoms with van der Waals surface area (Å²) in [6.07, 6.45) is 4.50. The Morgan fingerprint density at radius 2 is 1.52 bits per heavy atom. The van der Waals surface area contributed by atoms with Gasteiger partial charge in [0.25, 0.3) is 0 Å². The summed E-state index contributed by atoms with van der Waals surface area (Å²) in [5.41, 5.74) is 1.51. The monoisotopic (exact) mass is 342 g/mol. The van der Waals surface area contributed by atoms with Crippen LogP contribution in [0.5, 0.6) is 11.5 Å². The molecule has 136 valence electrons. The summed E-state index contributed by atoms with van der Waals surface area (Å²) in [5, 5.41) is 10.8. The molecule has 7 rings (SSSR count). The molecule has 0 unspecified atom stereocenters. The number of hydrogen-bond donors (Lipinski definition) is 1. The summed E-state index contributed by atoms with van der Waals surface area (Å²) in [4.78, 5) is 12.9. The largest absolute Gasteiger partial charge is 0.507 e. The summed E-state index contributed by atoms with van der Waals surface area (Å²) in [7, 11) is 0. The van der Waals surface area contributed by atoms with Crippen LogP contribution in [0.25, 0.3) is 0 Å². The van der Waals surface area contributed by atoms with Crippen molar-refractivity contribution in [2.24, 2.45) is 16.7 Å². The van der Waals surface area contributed by atoms with Crippen LogP contribution in [0.15, 0.2) is 12.1 Å². The highest BCUT2D eigenvalue weighted by molar-refractivity contribution is 5.83. The van der Waals surface area contributed by atoms with Crippen molar-refractivity contribution in [2.75, 3.05) is 0 Å². The predicted molar refractivity (Wildman–Crippen MR) is 98.0 cm³/mol. The Kier molecular flexibility index (Phi) is 3.12. The summed E-state index contributed by atoms with van der Waals surface area (Å²) < 4.78 is 5.91. The smallest absolute Gasteiger partial charge is 0.317 e. The van der Waals surface area contributed by atoms with Crippen LogP contribution in [-0.4, -0.2) is 11.1 Å². The standard InChI is InChI=1S/C22H30O3/c1-19(2,3)15-7-14(8-16(17(15)23)20(4,5)6)25-18(24)22-11-21(12-22)9-13(22)10-21/h7-8,13,23H,9-12H2,1-6H3. The number of hydrogen-bond acceptors (Lipinski definition) is 3. The highest BCUT2D eigenvalue weighted by Gasteiger charge is 2.78. The van der Waals surface area contributed by atoms with E-state index in [9.17, 15) is 9.90 Å². The number of ether oxygens (including phenoxy) is 1. The SMILES string of the molecule is CC(C)(C)c1cc(OC(=O)C23CC4(CC2C4)C3)cc(C(C)(C)C)c1O. The van der Waals surface area contributed by atoms with Crippen molar-refractivity contribution in [2.45, 2.75) is 78.1 Å². The first kappa shape index (κ1) is 16.9. The molecule has 0 heterocycles. The fourth-order valence-electron chi connectivity index (χ4n) is 5.57. The van der Waals surface area contributed by atoms with Crippen molar-refractivity contribution in [1.29, 1.82) is 0 Å². The lowest BCUT2D eigenvalue weighted by Crippen LogP contribution is -2.40. The minimum absolute atomic E-state index is 0.0477. The van der Waals surface area contributed by atoms with Crippen LogP contribution in [0.2, 0.25) is 0 Å². The number of phenols is 1. The first-order chi connectivity index (χ1) is 11.4. The molecule has 6 fully saturated rings. The maximum atomic E-state index is 12.9. The van der Waals surface area contributed by atoms with E-state index in [1.165, 1.54) is 12.8 Å². The Balaban J connectivity index is 1.69. The third-order valence-corrected chi connectivity index (χ3v) is 6.84. The zero-order valence-corrected chi connectivity index (χ0v) is 16.3. The third kappa shape index (κ3) is 2.27. The highest BCUT2D eigenvalue weighted by atomic mass is 16.5. The lowest BCUT2D eigenvalue weighted by Gasteiger charge is -2.40. The molecule has 3 heteroatoms. The number of phenolic OH excluding ortho intramolecular Hbond substituents is 1. The first-order valence-electron chi connectivity index (χ1n) is 9.47. The van der Waals surface area contributed by atoms with E-state index < -0.39 is 0 Å². The molecule has 0 aromatic heterocycles. The predicted octanol–water partition coefficient (Wildman–Crippen LogP) is 5.08. The van der Waals surface area contributed by atoms with Crippen LogP contribution >= 0.6 is 0 Å². The van der Waals surface area contributed by atoms with Crippen LogP contribution in [0.1, 0.15) is 78.4 Å². The van der Waals surface area contributed by atoms with E-state index in [2.05, 4.69) is 41.5 Å². The minimum atomic E-state index is -0.222. The molecule has 0 saturated heterocycles. The average Bonchev–Trinajstić information content (AvgIpc) is 3.04. The van der Waals surface area contributed by atoms with Crippen molar-refractivity contribution in [3.8, 4) is 11.5 Å². The van der Waals surface area contributed by atoms with Gasteiger partial charge in [0.15, 0.2) is 0 Å². The Labute approximate surface area is 150 Å². The summed E-state index contributed by atoms with van der Waals surface area (Å²) in [6.45, 7) is 12.4. The molecule has 1 aromatic rings. The molecular weight excluding hydrogens is 312 g/mol. The molecule has 25 heavy (non-hydrogen) atoms. The second-order valence-corrected chi connectivity index (χ2v) is 10.9. The molecule has 1 N–H and O–H groups in total. The lowest BCUT2D eigenvalue weighted by molar-refractivity contribution is -0.150. The Bertz CT molecular complexity index is 711. The van der Waals surface area contributed by atoms with Gasteiger partial charge in [0, 0.05) is 11.1 Å². The molecular formula is C22H30O3. The van der Waals surface area contributed by atoms with Gasteiger partial charge in [0.2, 0.25) is 0 Å². The molecule has 0 aliphatic heterocycles. The molecule has 0 atom stereocenters. The highest BCUT2D eigenvalue weighted by Crippen LogP contribution is 2.82. The van der Waals surface area contributed by atoms with Crippen molar-refractivity contribution in [3.05, 3.63) is 23.3 Å². The van der Waals surface area contributed by atoms with Crippen LogP contribution in [0.4, 0.5) is 0 Å². The van der Waals surface area contributed by atoms with E-state index >= 15 is 0 Å². The van der Waals surface area contributed by atoms with E-state index in [-0.39, 0.29) is 22.2 Å². The second kappa shape index (κ2) is 4.61. The van der Waals surface area contributed by atoms with Gasteiger partial charge in [0.05, 0.1) is 5.41 Å². The molecule has 0 radical (unpaired) electrons. The number of carbonyl (C=O) groups is 1. The Morgan fingerprint density at radius 1 is 1.04 bits per heavy atom. The van der Waals surface area contributed by atoms with E-state index in [1.807, 2.05) is 12.1 Å². The maximum absolute atomic E-state index is 12.9. The quantitative estimate of drug-likeness (QED) is 0.602. The van der Waals surface area contributed by atoms with Gasteiger partial charge in [-0.05, 0) is 60.0 Å². The average molecular weight is 342 g/mol. The van der Waals surface area contributed by atoms with Gasteiger partial charge in [-0.25, -0.2) is 0 Å². The van der Waals surface area contributed by atoms with Gasteiger partial charge >= 0.3 is 5.97 Å². The number of aromatic hydroxyl groups is 1.